The lowest BCUT2D eigenvalue weighted by Crippen LogP contribution is -2.36. The molecule has 128 valence electrons. The predicted octanol–water partition coefficient (Wildman–Crippen LogP) is 1.67. The first-order valence-corrected chi connectivity index (χ1v) is 8.43. The Balaban J connectivity index is 1.51. The highest BCUT2D eigenvalue weighted by atomic mass is 16.5. The Morgan fingerprint density at radius 2 is 2.00 bits per heavy atom. The zero-order chi connectivity index (χ0) is 17.1. The van der Waals surface area contributed by atoms with Gasteiger partial charge in [-0.1, -0.05) is 6.07 Å². The normalized spacial score (nSPS) is 17.5. The molecule has 1 aliphatic carbocycles. The van der Waals surface area contributed by atoms with Crippen LogP contribution in [-0.4, -0.2) is 41.9 Å². The number of aryl methyl sites for hydroxylation is 2. The summed E-state index contributed by atoms with van der Waals surface area (Å²) in [5, 5.41) is 2.78. The molecule has 0 radical (unpaired) electrons. The number of fused-ring (bicyclic) bond motifs is 1. The molecule has 1 saturated heterocycles. The summed E-state index contributed by atoms with van der Waals surface area (Å²) in [7, 11) is 0. The average molecular weight is 330 g/mol. The third-order valence-corrected chi connectivity index (χ3v) is 4.53. The fourth-order valence-electron chi connectivity index (χ4n) is 3.21. The Hall–Kier alpha value is -2.37. The lowest BCUT2D eigenvalue weighted by Gasteiger charge is -2.17. The molecule has 6 nitrogen and oxygen atoms in total. The van der Waals surface area contributed by atoms with Crippen LogP contribution in [0.15, 0.2) is 18.2 Å². The number of likely N-dealkylation sites (tertiary alicyclic amines) is 1. The number of hydrogen-bond acceptors (Lipinski definition) is 4. The summed E-state index contributed by atoms with van der Waals surface area (Å²) in [6, 6.07) is 5.89. The van der Waals surface area contributed by atoms with Crippen LogP contribution in [0.25, 0.3) is 0 Å². The van der Waals surface area contributed by atoms with E-state index in [0.29, 0.717) is 13.0 Å². The number of nitrogens with zero attached hydrogens (tertiary/aromatic N) is 1. The Bertz CT molecular complexity index is 671. The van der Waals surface area contributed by atoms with Gasteiger partial charge in [0.05, 0.1) is 0 Å². The van der Waals surface area contributed by atoms with E-state index in [1.807, 2.05) is 18.2 Å². The van der Waals surface area contributed by atoms with E-state index in [2.05, 4.69) is 5.32 Å². The van der Waals surface area contributed by atoms with Gasteiger partial charge in [0.25, 0.3) is 5.91 Å². The van der Waals surface area contributed by atoms with Gasteiger partial charge in [0.1, 0.15) is 6.54 Å². The van der Waals surface area contributed by atoms with Crippen LogP contribution >= 0.6 is 0 Å². The third kappa shape index (κ3) is 3.75. The van der Waals surface area contributed by atoms with Gasteiger partial charge < -0.3 is 15.0 Å². The molecule has 0 bridgehead atoms. The first-order chi connectivity index (χ1) is 11.5. The van der Waals surface area contributed by atoms with Crippen molar-refractivity contribution in [1.29, 1.82) is 0 Å². The van der Waals surface area contributed by atoms with E-state index in [0.717, 1.165) is 31.4 Å². The van der Waals surface area contributed by atoms with Crippen LogP contribution in [0, 0.1) is 0 Å². The molecule has 1 atom stereocenters. The second-order valence-corrected chi connectivity index (χ2v) is 6.38. The minimum atomic E-state index is -0.900. The molecule has 6 heteroatoms. The number of hydrogen-bond donors (Lipinski definition) is 1. The highest BCUT2D eigenvalue weighted by Crippen LogP contribution is 2.25. The van der Waals surface area contributed by atoms with Crippen molar-refractivity contribution in [2.24, 2.45) is 0 Å². The van der Waals surface area contributed by atoms with Gasteiger partial charge in [-0.25, -0.2) is 0 Å². The first kappa shape index (κ1) is 16.5. The summed E-state index contributed by atoms with van der Waals surface area (Å²) >= 11 is 0. The van der Waals surface area contributed by atoms with E-state index < -0.39 is 12.1 Å². The van der Waals surface area contributed by atoms with Crippen molar-refractivity contribution < 1.29 is 19.1 Å². The number of benzene rings is 1. The second kappa shape index (κ2) is 7.03. The minimum Gasteiger partial charge on any atom is -0.451 e. The molecular weight excluding hydrogens is 308 g/mol. The summed E-state index contributed by atoms with van der Waals surface area (Å²) in [6.45, 7) is 2.02. The van der Waals surface area contributed by atoms with E-state index in [1.54, 1.807) is 0 Å². The lowest BCUT2D eigenvalue weighted by molar-refractivity contribution is -0.155. The number of nitrogens with one attached hydrogen (secondary N) is 1. The number of anilines is 1. The van der Waals surface area contributed by atoms with Gasteiger partial charge in [0.2, 0.25) is 5.91 Å². The number of carbonyl (C=O) groups excluding carboxylic acids is 3. The van der Waals surface area contributed by atoms with Crippen LogP contribution < -0.4 is 5.32 Å². The fourth-order valence-corrected chi connectivity index (χ4v) is 3.21. The Labute approximate surface area is 141 Å². The van der Waals surface area contributed by atoms with E-state index >= 15 is 0 Å². The van der Waals surface area contributed by atoms with Crippen molar-refractivity contribution in [3.63, 3.8) is 0 Å². The monoisotopic (exact) mass is 330 g/mol. The van der Waals surface area contributed by atoms with Gasteiger partial charge in [0, 0.05) is 18.7 Å². The van der Waals surface area contributed by atoms with E-state index in [4.69, 9.17) is 4.74 Å². The number of amides is 2. The molecule has 1 fully saturated rings. The highest BCUT2D eigenvalue weighted by Gasteiger charge is 2.25. The molecule has 0 spiro atoms. The van der Waals surface area contributed by atoms with Crippen molar-refractivity contribution in [2.75, 3.05) is 18.4 Å². The number of esters is 1. The topological polar surface area (TPSA) is 75.7 Å². The third-order valence-electron chi connectivity index (χ3n) is 4.53. The molecule has 1 N–H and O–H groups in total. The summed E-state index contributed by atoms with van der Waals surface area (Å²) in [5.74, 6) is -0.960. The van der Waals surface area contributed by atoms with Crippen LogP contribution in [0.1, 0.15) is 37.3 Å². The average Bonchev–Trinajstić information content (AvgIpc) is 3.16. The van der Waals surface area contributed by atoms with Crippen LogP contribution in [0.3, 0.4) is 0 Å². The molecule has 1 heterocycles. The van der Waals surface area contributed by atoms with Crippen molar-refractivity contribution in [3.05, 3.63) is 29.3 Å². The molecule has 0 saturated carbocycles. The molecule has 24 heavy (non-hydrogen) atoms. The molecule has 0 aromatic heterocycles. The quantitative estimate of drug-likeness (QED) is 0.833. The number of rotatable bonds is 5. The van der Waals surface area contributed by atoms with Gasteiger partial charge in [0.15, 0.2) is 6.10 Å². The van der Waals surface area contributed by atoms with Crippen LogP contribution in [0.5, 0.6) is 0 Å². The zero-order valence-corrected chi connectivity index (χ0v) is 13.8. The number of ether oxygens (including phenoxy) is 1. The van der Waals surface area contributed by atoms with Gasteiger partial charge in [-0.2, -0.15) is 0 Å². The van der Waals surface area contributed by atoms with E-state index in [9.17, 15) is 14.4 Å². The molecule has 2 aliphatic rings. The summed E-state index contributed by atoms with van der Waals surface area (Å²) in [4.78, 5) is 37.0. The van der Waals surface area contributed by atoms with Crippen LogP contribution in [0.2, 0.25) is 0 Å². The van der Waals surface area contributed by atoms with Crippen LogP contribution in [-0.2, 0) is 32.0 Å². The van der Waals surface area contributed by atoms with Crippen LogP contribution in [0.4, 0.5) is 5.69 Å². The van der Waals surface area contributed by atoms with E-state index in [1.165, 1.54) is 23.0 Å². The predicted molar refractivity (Wildman–Crippen MR) is 88.5 cm³/mol. The fraction of sp³-hybridized carbons (Fsp3) is 0.500. The molecule has 1 aromatic rings. The Kier molecular flexibility index (Phi) is 4.83. The van der Waals surface area contributed by atoms with Crippen molar-refractivity contribution >= 4 is 23.5 Å². The van der Waals surface area contributed by atoms with Gasteiger partial charge in [-0.3, -0.25) is 14.4 Å². The van der Waals surface area contributed by atoms with E-state index in [-0.39, 0.29) is 18.4 Å². The standard InChI is InChI=1S/C18H22N2O4/c1-12(24-17(22)11-20-9-3-6-16(20)21)18(23)19-15-8-7-13-4-2-5-14(13)10-15/h7-8,10,12H,2-6,9,11H2,1H3,(H,19,23)/t12-/m1/s1. The van der Waals surface area contributed by atoms with Gasteiger partial charge >= 0.3 is 5.97 Å². The summed E-state index contributed by atoms with van der Waals surface area (Å²) in [5.41, 5.74) is 3.33. The minimum absolute atomic E-state index is 0.0396. The maximum Gasteiger partial charge on any atom is 0.326 e. The van der Waals surface area contributed by atoms with Crippen molar-refractivity contribution in [2.45, 2.75) is 45.1 Å². The summed E-state index contributed by atoms with van der Waals surface area (Å²) in [6.07, 6.45) is 3.61. The molecular formula is C18H22N2O4. The zero-order valence-electron chi connectivity index (χ0n) is 13.8. The Morgan fingerprint density at radius 3 is 2.75 bits per heavy atom. The molecule has 1 aliphatic heterocycles. The smallest absolute Gasteiger partial charge is 0.326 e. The molecule has 0 unspecified atom stereocenters. The highest BCUT2D eigenvalue weighted by molar-refractivity contribution is 5.95. The largest absolute Gasteiger partial charge is 0.451 e. The van der Waals surface area contributed by atoms with Crippen molar-refractivity contribution in [1.82, 2.24) is 4.90 Å². The summed E-state index contributed by atoms with van der Waals surface area (Å²) < 4.78 is 5.14. The molecule has 2 amide bonds. The van der Waals surface area contributed by atoms with Gasteiger partial charge in [-0.15, -0.1) is 0 Å². The first-order valence-electron chi connectivity index (χ1n) is 8.43. The Morgan fingerprint density at radius 1 is 1.21 bits per heavy atom. The maximum atomic E-state index is 12.2. The molecule has 1 aromatic carbocycles. The lowest BCUT2D eigenvalue weighted by atomic mass is 10.1. The second-order valence-electron chi connectivity index (χ2n) is 6.38. The number of carbonyl (C=O) groups is 3. The maximum absolute atomic E-state index is 12.2. The SMILES string of the molecule is C[C@@H](OC(=O)CN1CCCC1=O)C(=O)Nc1ccc2c(c1)CCC2. The molecule has 3 rings (SSSR count). The van der Waals surface area contributed by atoms with Crippen molar-refractivity contribution in [3.8, 4) is 0 Å². The van der Waals surface area contributed by atoms with Gasteiger partial charge in [-0.05, 0) is 55.9 Å².